The van der Waals surface area contributed by atoms with E-state index in [2.05, 4.69) is 17.3 Å². The van der Waals surface area contributed by atoms with Gasteiger partial charge in [-0.15, -0.1) is 0 Å². The van der Waals surface area contributed by atoms with Crippen LogP contribution in [0.1, 0.15) is 12.5 Å². The molecular formula is C14H18FN3. The molecule has 0 saturated carbocycles. The minimum atomic E-state index is -0.182. The van der Waals surface area contributed by atoms with Crippen molar-refractivity contribution in [1.82, 2.24) is 15.1 Å². The smallest absolute Gasteiger partial charge is 0.123 e. The molecule has 96 valence electrons. The van der Waals surface area contributed by atoms with Crippen LogP contribution in [-0.4, -0.2) is 22.4 Å². The van der Waals surface area contributed by atoms with Gasteiger partial charge in [0, 0.05) is 25.0 Å². The standard InChI is InChI=1S/C14H18FN3/c1-12(11-13-3-5-14(15)6-4-13)16-8-10-18-9-2-7-17-18/h2-7,9,12,16H,8,10-11H2,1H3. The van der Waals surface area contributed by atoms with Gasteiger partial charge in [0.05, 0.1) is 6.54 Å². The highest BCUT2D eigenvalue weighted by atomic mass is 19.1. The van der Waals surface area contributed by atoms with Crippen LogP contribution < -0.4 is 5.32 Å². The molecule has 0 radical (unpaired) electrons. The zero-order valence-electron chi connectivity index (χ0n) is 10.5. The lowest BCUT2D eigenvalue weighted by atomic mass is 10.1. The summed E-state index contributed by atoms with van der Waals surface area (Å²) < 4.78 is 14.7. The minimum Gasteiger partial charge on any atom is -0.312 e. The summed E-state index contributed by atoms with van der Waals surface area (Å²) in [5, 5.41) is 7.57. The predicted molar refractivity (Wildman–Crippen MR) is 69.8 cm³/mol. The van der Waals surface area contributed by atoms with Gasteiger partial charge in [0.1, 0.15) is 5.82 Å². The second-order valence-corrected chi connectivity index (χ2v) is 4.45. The van der Waals surface area contributed by atoms with Gasteiger partial charge in [0.15, 0.2) is 0 Å². The normalized spacial score (nSPS) is 12.6. The molecule has 0 aliphatic heterocycles. The Kier molecular flexibility index (Phi) is 4.47. The molecule has 1 aromatic carbocycles. The molecule has 1 aromatic heterocycles. The fourth-order valence-corrected chi connectivity index (χ4v) is 1.90. The van der Waals surface area contributed by atoms with Crippen molar-refractivity contribution >= 4 is 0 Å². The molecule has 2 rings (SSSR count). The molecule has 2 aromatic rings. The lowest BCUT2D eigenvalue weighted by Crippen LogP contribution is -2.31. The molecular weight excluding hydrogens is 229 g/mol. The van der Waals surface area contributed by atoms with Crippen molar-refractivity contribution in [3.8, 4) is 0 Å². The summed E-state index contributed by atoms with van der Waals surface area (Å²) >= 11 is 0. The Morgan fingerprint density at radius 1 is 1.33 bits per heavy atom. The first-order valence-electron chi connectivity index (χ1n) is 6.19. The molecule has 1 N–H and O–H groups in total. The van der Waals surface area contributed by atoms with Crippen LogP contribution in [0.25, 0.3) is 0 Å². The maximum absolute atomic E-state index is 12.8. The molecule has 1 atom stereocenters. The Morgan fingerprint density at radius 3 is 2.78 bits per heavy atom. The number of nitrogens with zero attached hydrogens (tertiary/aromatic N) is 2. The van der Waals surface area contributed by atoms with Crippen LogP contribution >= 0.6 is 0 Å². The van der Waals surface area contributed by atoms with Crippen molar-refractivity contribution in [2.24, 2.45) is 0 Å². The lowest BCUT2D eigenvalue weighted by Gasteiger charge is -2.13. The van der Waals surface area contributed by atoms with E-state index in [1.54, 1.807) is 6.20 Å². The summed E-state index contributed by atoms with van der Waals surface area (Å²) in [6.07, 6.45) is 4.63. The Hall–Kier alpha value is -1.68. The van der Waals surface area contributed by atoms with Crippen LogP contribution in [0.4, 0.5) is 4.39 Å². The summed E-state index contributed by atoms with van der Waals surface area (Å²) in [6.45, 7) is 3.87. The van der Waals surface area contributed by atoms with Crippen LogP contribution in [0.2, 0.25) is 0 Å². The van der Waals surface area contributed by atoms with E-state index in [0.717, 1.165) is 25.1 Å². The topological polar surface area (TPSA) is 29.9 Å². The van der Waals surface area contributed by atoms with Crippen molar-refractivity contribution in [3.05, 3.63) is 54.1 Å². The van der Waals surface area contributed by atoms with Crippen LogP contribution in [0.3, 0.4) is 0 Å². The van der Waals surface area contributed by atoms with Gasteiger partial charge >= 0.3 is 0 Å². The fraction of sp³-hybridized carbons (Fsp3) is 0.357. The van der Waals surface area contributed by atoms with E-state index in [-0.39, 0.29) is 5.82 Å². The van der Waals surface area contributed by atoms with Crippen molar-refractivity contribution < 1.29 is 4.39 Å². The van der Waals surface area contributed by atoms with Crippen LogP contribution in [-0.2, 0) is 13.0 Å². The van der Waals surface area contributed by atoms with Gasteiger partial charge in [0.25, 0.3) is 0 Å². The molecule has 0 amide bonds. The number of halogens is 1. The highest BCUT2D eigenvalue weighted by Gasteiger charge is 2.03. The first kappa shape index (κ1) is 12.8. The SMILES string of the molecule is CC(Cc1ccc(F)cc1)NCCn1cccn1. The summed E-state index contributed by atoms with van der Waals surface area (Å²) in [7, 11) is 0. The highest BCUT2D eigenvalue weighted by molar-refractivity contribution is 5.16. The maximum atomic E-state index is 12.8. The molecule has 4 heteroatoms. The molecule has 1 unspecified atom stereocenters. The quantitative estimate of drug-likeness (QED) is 0.848. The summed E-state index contributed by atoms with van der Waals surface area (Å²) in [5.74, 6) is -0.182. The average Bonchev–Trinajstić information content (AvgIpc) is 2.85. The Balaban J connectivity index is 1.71. The third kappa shape index (κ3) is 3.96. The zero-order valence-corrected chi connectivity index (χ0v) is 10.5. The number of hydrogen-bond donors (Lipinski definition) is 1. The van der Waals surface area contributed by atoms with Gasteiger partial charge in [-0.1, -0.05) is 12.1 Å². The van der Waals surface area contributed by atoms with Gasteiger partial charge in [-0.05, 0) is 37.1 Å². The summed E-state index contributed by atoms with van der Waals surface area (Å²) in [5.41, 5.74) is 1.15. The molecule has 0 aliphatic rings. The van der Waals surface area contributed by atoms with E-state index in [4.69, 9.17) is 0 Å². The van der Waals surface area contributed by atoms with Gasteiger partial charge in [-0.2, -0.15) is 5.10 Å². The number of benzene rings is 1. The molecule has 1 heterocycles. The molecule has 0 spiro atoms. The van der Waals surface area contributed by atoms with E-state index >= 15 is 0 Å². The summed E-state index contributed by atoms with van der Waals surface area (Å²) in [6, 6.07) is 8.97. The first-order chi connectivity index (χ1) is 8.74. The van der Waals surface area contributed by atoms with E-state index < -0.39 is 0 Å². The van der Waals surface area contributed by atoms with Gasteiger partial charge in [0.2, 0.25) is 0 Å². The number of rotatable bonds is 6. The van der Waals surface area contributed by atoms with Gasteiger partial charge in [-0.25, -0.2) is 4.39 Å². The molecule has 3 nitrogen and oxygen atoms in total. The number of aromatic nitrogens is 2. The third-order valence-electron chi connectivity index (χ3n) is 2.85. The van der Waals surface area contributed by atoms with E-state index in [0.29, 0.717) is 6.04 Å². The first-order valence-corrected chi connectivity index (χ1v) is 6.19. The lowest BCUT2D eigenvalue weighted by molar-refractivity contribution is 0.493. The Bertz CT molecular complexity index is 450. The van der Waals surface area contributed by atoms with Gasteiger partial charge < -0.3 is 5.32 Å². The number of hydrogen-bond acceptors (Lipinski definition) is 2. The Morgan fingerprint density at radius 2 is 2.11 bits per heavy atom. The second kappa shape index (κ2) is 6.31. The highest BCUT2D eigenvalue weighted by Crippen LogP contribution is 2.05. The molecule has 0 fully saturated rings. The molecule has 0 bridgehead atoms. The summed E-state index contributed by atoms with van der Waals surface area (Å²) in [4.78, 5) is 0. The monoisotopic (exact) mass is 247 g/mol. The second-order valence-electron chi connectivity index (χ2n) is 4.45. The zero-order chi connectivity index (χ0) is 12.8. The minimum absolute atomic E-state index is 0.182. The van der Waals surface area contributed by atoms with Crippen molar-refractivity contribution in [3.63, 3.8) is 0 Å². The largest absolute Gasteiger partial charge is 0.312 e. The van der Waals surface area contributed by atoms with Crippen LogP contribution in [0, 0.1) is 5.82 Å². The van der Waals surface area contributed by atoms with Crippen molar-refractivity contribution in [2.45, 2.75) is 25.9 Å². The van der Waals surface area contributed by atoms with E-state index in [9.17, 15) is 4.39 Å². The third-order valence-corrected chi connectivity index (χ3v) is 2.85. The average molecular weight is 247 g/mol. The van der Waals surface area contributed by atoms with Crippen LogP contribution in [0.5, 0.6) is 0 Å². The fourth-order valence-electron chi connectivity index (χ4n) is 1.90. The maximum Gasteiger partial charge on any atom is 0.123 e. The van der Waals surface area contributed by atoms with E-state index in [1.807, 2.05) is 29.1 Å². The molecule has 0 aliphatic carbocycles. The van der Waals surface area contributed by atoms with E-state index in [1.165, 1.54) is 12.1 Å². The van der Waals surface area contributed by atoms with Gasteiger partial charge in [-0.3, -0.25) is 4.68 Å². The predicted octanol–water partition coefficient (Wildman–Crippen LogP) is 2.24. The molecule has 18 heavy (non-hydrogen) atoms. The van der Waals surface area contributed by atoms with Crippen molar-refractivity contribution in [1.29, 1.82) is 0 Å². The molecule has 0 saturated heterocycles. The van der Waals surface area contributed by atoms with Crippen molar-refractivity contribution in [2.75, 3.05) is 6.54 Å². The number of nitrogens with one attached hydrogen (secondary N) is 1. The van der Waals surface area contributed by atoms with Crippen LogP contribution in [0.15, 0.2) is 42.7 Å². The Labute approximate surface area is 107 Å².